The van der Waals surface area contributed by atoms with Crippen molar-refractivity contribution in [2.75, 3.05) is 32.1 Å². The molecule has 96 valence electrons. The van der Waals surface area contributed by atoms with Crippen LogP contribution < -0.4 is 15.0 Å². The van der Waals surface area contributed by atoms with Crippen molar-refractivity contribution >= 4 is 5.69 Å². The summed E-state index contributed by atoms with van der Waals surface area (Å²) >= 11 is 0. The maximum absolute atomic E-state index is 5.43. The summed E-state index contributed by atoms with van der Waals surface area (Å²) in [5.41, 5.74) is 1.31. The molecule has 0 radical (unpaired) electrons. The standard InChI is InChI=1S/C14H24N2O/c1-6-17-13-9-7-12(8-10-13)16(5)11-14(2,3)15-4/h7-10,15H,6,11H2,1-5H3. The lowest BCUT2D eigenvalue weighted by Gasteiger charge is -2.31. The van der Waals surface area contributed by atoms with Gasteiger partial charge in [-0.05, 0) is 52.1 Å². The summed E-state index contributed by atoms with van der Waals surface area (Å²) in [6.07, 6.45) is 0. The van der Waals surface area contributed by atoms with Crippen LogP contribution in [0.1, 0.15) is 20.8 Å². The molecule has 0 bridgehead atoms. The van der Waals surface area contributed by atoms with E-state index in [-0.39, 0.29) is 5.54 Å². The Morgan fingerprint density at radius 3 is 2.29 bits per heavy atom. The number of hydrogen-bond acceptors (Lipinski definition) is 3. The summed E-state index contributed by atoms with van der Waals surface area (Å²) in [4.78, 5) is 2.24. The largest absolute Gasteiger partial charge is 0.494 e. The van der Waals surface area contributed by atoms with E-state index in [1.54, 1.807) is 0 Å². The molecule has 0 spiro atoms. The number of rotatable bonds is 6. The van der Waals surface area contributed by atoms with Crippen molar-refractivity contribution in [3.63, 3.8) is 0 Å². The van der Waals surface area contributed by atoms with Crippen LogP contribution in [0.15, 0.2) is 24.3 Å². The Morgan fingerprint density at radius 2 is 1.82 bits per heavy atom. The Balaban J connectivity index is 2.66. The highest BCUT2D eigenvalue weighted by Crippen LogP contribution is 2.19. The minimum absolute atomic E-state index is 0.105. The molecular formula is C14H24N2O. The van der Waals surface area contributed by atoms with Crippen molar-refractivity contribution in [1.82, 2.24) is 5.32 Å². The van der Waals surface area contributed by atoms with Crippen molar-refractivity contribution in [1.29, 1.82) is 0 Å². The number of anilines is 1. The van der Waals surface area contributed by atoms with Crippen molar-refractivity contribution in [2.24, 2.45) is 0 Å². The van der Waals surface area contributed by atoms with E-state index in [4.69, 9.17) is 4.74 Å². The van der Waals surface area contributed by atoms with E-state index < -0.39 is 0 Å². The topological polar surface area (TPSA) is 24.5 Å². The molecule has 0 aromatic heterocycles. The normalized spacial score (nSPS) is 11.4. The van der Waals surface area contributed by atoms with E-state index in [1.807, 2.05) is 26.1 Å². The first-order valence-electron chi connectivity index (χ1n) is 6.11. The number of ether oxygens (including phenoxy) is 1. The third-order valence-electron chi connectivity index (χ3n) is 2.90. The molecule has 0 atom stereocenters. The van der Waals surface area contributed by atoms with E-state index in [0.29, 0.717) is 6.61 Å². The van der Waals surface area contributed by atoms with Crippen LogP contribution in [-0.2, 0) is 0 Å². The molecule has 0 unspecified atom stereocenters. The minimum Gasteiger partial charge on any atom is -0.494 e. The third-order valence-corrected chi connectivity index (χ3v) is 2.90. The molecule has 0 aliphatic heterocycles. The van der Waals surface area contributed by atoms with Crippen LogP contribution in [0.4, 0.5) is 5.69 Å². The molecular weight excluding hydrogens is 212 g/mol. The van der Waals surface area contributed by atoms with Crippen LogP contribution >= 0.6 is 0 Å². The van der Waals surface area contributed by atoms with Gasteiger partial charge in [0.05, 0.1) is 6.61 Å². The molecule has 1 N–H and O–H groups in total. The Hall–Kier alpha value is -1.22. The first-order chi connectivity index (χ1) is 7.98. The lowest BCUT2D eigenvalue weighted by Crippen LogP contribution is -2.46. The predicted octanol–water partition coefficient (Wildman–Crippen LogP) is 2.52. The highest BCUT2D eigenvalue weighted by Gasteiger charge is 2.17. The van der Waals surface area contributed by atoms with E-state index in [1.165, 1.54) is 5.69 Å². The van der Waals surface area contributed by atoms with Crippen LogP contribution in [0, 0.1) is 0 Å². The first-order valence-corrected chi connectivity index (χ1v) is 6.11. The maximum Gasteiger partial charge on any atom is 0.119 e. The van der Waals surface area contributed by atoms with Crippen LogP contribution in [-0.4, -0.2) is 32.8 Å². The number of nitrogens with one attached hydrogen (secondary N) is 1. The van der Waals surface area contributed by atoms with E-state index in [9.17, 15) is 0 Å². The van der Waals surface area contributed by atoms with Gasteiger partial charge in [0.1, 0.15) is 5.75 Å². The molecule has 17 heavy (non-hydrogen) atoms. The van der Waals surface area contributed by atoms with Crippen LogP contribution in [0.2, 0.25) is 0 Å². The van der Waals surface area contributed by atoms with Gasteiger partial charge in [-0.2, -0.15) is 0 Å². The summed E-state index contributed by atoms with van der Waals surface area (Å²) in [5, 5.41) is 3.31. The van der Waals surface area contributed by atoms with Crippen molar-refractivity contribution in [2.45, 2.75) is 26.3 Å². The molecule has 0 fully saturated rings. The van der Waals surface area contributed by atoms with Crippen molar-refractivity contribution in [3.05, 3.63) is 24.3 Å². The average Bonchev–Trinajstić information content (AvgIpc) is 2.30. The first kappa shape index (κ1) is 13.8. The van der Waals surface area contributed by atoms with Gasteiger partial charge in [0, 0.05) is 24.8 Å². The van der Waals surface area contributed by atoms with Gasteiger partial charge in [-0.25, -0.2) is 0 Å². The van der Waals surface area contributed by atoms with Crippen molar-refractivity contribution < 1.29 is 4.74 Å². The second-order valence-corrected chi connectivity index (χ2v) is 4.92. The number of likely N-dealkylation sites (N-methyl/N-ethyl adjacent to an activating group) is 2. The Morgan fingerprint density at radius 1 is 1.24 bits per heavy atom. The fourth-order valence-electron chi connectivity index (χ4n) is 1.73. The van der Waals surface area contributed by atoms with Gasteiger partial charge < -0.3 is 15.0 Å². The summed E-state index contributed by atoms with van der Waals surface area (Å²) in [7, 11) is 4.10. The number of benzene rings is 1. The average molecular weight is 236 g/mol. The zero-order chi connectivity index (χ0) is 12.9. The molecule has 1 aromatic carbocycles. The summed E-state index contributed by atoms with van der Waals surface area (Å²) in [5.74, 6) is 0.928. The Labute approximate surface area is 105 Å². The van der Waals surface area contributed by atoms with Gasteiger partial charge in [-0.1, -0.05) is 0 Å². The highest BCUT2D eigenvalue weighted by atomic mass is 16.5. The van der Waals surface area contributed by atoms with Gasteiger partial charge in [-0.15, -0.1) is 0 Å². The fraction of sp³-hybridized carbons (Fsp3) is 0.571. The monoisotopic (exact) mass is 236 g/mol. The van der Waals surface area contributed by atoms with Gasteiger partial charge in [0.15, 0.2) is 0 Å². The van der Waals surface area contributed by atoms with Gasteiger partial charge in [-0.3, -0.25) is 0 Å². The number of hydrogen-bond donors (Lipinski definition) is 1. The van der Waals surface area contributed by atoms with E-state index >= 15 is 0 Å². The summed E-state index contributed by atoms with van der Waals surface area (Å²) in [6.45, 7) is 8.05. The highest BCUT2D eigenvalue weighted by molar-refractivity contribution is 5.48. The van der Waals surface area contributed by atoms with Crippen LogP contribution in [0.3, 0.4) is 0 Å². The molecule has 3 heteroatoms. The Kier molecular flexibility index (Phi) is 4.82. The lowest BCUT2D eigenvalue weighted by atomic mass is 10.1. The molecule has 0 heterocycles. The smallest absolute Gasteiger partial charge is 0.119 e. The van der Waals surface area contributed by atoms with Crippen molar-refractivity contribution in [3.8, 4) is 5.75 Å². The fourth-order valence-corrected chi connectivity index (χ4v) is 1.73. The van der Waals surface area contributed by atoms with Gasteiger partial charge in [0.25, 0.3) is 0 Å². The quantitative estimate of drug-likeness (QED) is 0.821. The van der Waals surface area contributed by atoms with Gasteiger partial charge >= 0.3 is 0 Å². The maximum atomic E-state index is 5.43. The second-order valence-electron chi connectivity index (χ2n) is 4.92. The molecule has 1 rings (SSSR count). The summed E-state index contributed by atoms with van der Waals surface area (Å²) < 4.78 is 5.43. The lowest BCUT2D eigenvalue weighted by molar-refractivity contribution is 0.340. The molecule has 0 amide bonds. The SMILES string of the molecule is CCOc1ccc(N(C)CC(C)(C)NC)cc1. The van der Waals surface area contributed by atoms with Gasteiger partial charge in [0.2, 0.25) is 0 Å². The predicted molar refractivity (Wildman–Crippen MR) is 74.0 cm³/mol. The molecule has 0 saturated carbocycles. The zero-order valence-electron chi connectivity index (χ0n) is 11.6. The van der Waals surface area contributed by atoms with E-state index in [2.05, 4.69) is 43.2 Å². The molecule has 0 aliphatic carbocycles. The van der Waals surface area contributed by atoms with E-state index in [0.717, 1.165) is 12.3 Å². The molecule has 0 saturated heterocycles. The zero-order valence-corrected chi connectivity index (χ0v) is 11.6. The summed E-state index contributed by atoms with van der Waals surface area (Å²) in [6, 6.07) is 8.22. The molecule has 3 nitrogen and oxygen atoms in total. The van der Waals surface area contributed by atoms with Crippen LogP contribution in [0.25, 0.3) is 0 Å². The third kappa shape index (κ3) is 4.27. The Bertz CT molecular complexity index is 333. The van der Waals surface area contributed by atoms with Crippen LogP contribution in [0.5, 0.6) is 5.75 Å². The number of nitrogens with zero attached hydrogens (tertiary/aromatic N) is 1. The molecule has 0 aliphatic rings. The molecule has 1 aromatic rings. The minimum atomic E-state index is 0.105. The second kappa shape index (κ2) is 5.92.